The summed E-state index contributed by atoms with van der Waals surface area (Å²) in [5.74, 6) is -1.32. The summed E-state index contributed by atoms with van der Waals surface area (Å²) in [5.41, 5.74) is 3.04. The third kappa shape index (κ3) is 4.29. The number of fused-ring (bicyclic) bond motifs is 1. The minimum absolute atomic E-state index is 0.251. The van der Waals surface area contributed by atoms with E-state index in [1.54, 1.807) is 24.3 Å². The number of hydrazone groups is 1. The number of halogens is 2. The Hall–Kier alpha value is -3.89. The summed E-state index contributed by atoms with van der Waals surface area (Å²) in [6, 6.07) is 21.5. The molecule has 0 aliphatic carbocycles. The van der Waals surface area contributed by atoms with E-state index in [1.807, 2.05) is 54.6 Å². The van der Waals surface area contributed by atoms with Crippen molar-refractivity contribution < 1.29 is 14.4 Å². The molecule has 1 fully saturated rings. The van der Waals surface area contributed by atoms with E-state index in [1.165, 1.54) is 10.0 Å². The van der Waals surface area contributed by atoms with Gasteiger partial charge in [0.05, 0.1) is 17.4 Å². The Bertz CT molecular complexity index is 1480. The average Bonchev–Trinajstić information content (AvgIpc) is 3.61. The van der Waals surface area contributed by atoms with Gasteiger partial charge in [-0.2, -0.15) is 10.2 Å². The third-order valence-electron chi connectivity index (χ3n) is 6.77. The van der Waals surface area contributed by atoms with Crippen LogP contribution >= 0.6 is 27.5 Å². The van der Waals surface area contributed by atoms with Crippen molar-refractivity contribution in [1.82, 2.24) is 10.0 Å². The predicted octanol–water partition coefficient (Wildman–Crippen LogP) is 4.77. The minimum Gasteiger partial charge on any atom is -0.271 e. The Morgan fingerprint density at radius 1 is 0.947 bits per heavy atom. The fourth-order valence-corrected chi connectivity index (χ4v) is 5.29. The van der Waals surface area contributed by atoms with E-state index in [0.717, 1.165) is 26.2 Å². The molecule has 11 heteroatoms. The Kier molecular flexibility index (Phi) is 6.29. The second-order valence-electron chi connectivity index (χ2n) is 9.10. The van der Waals surface area contributed by atoms with Crippen molar-refractivity contribution in [2.24, 2.45) is 15.4 Å². The highest BCUT2D eigenvalue weighted by molar-refractivity contribution is 9.10. The summed E-state index contributed by atoms with van der Waals surface area (Å²) >= 11 is 9.41. The van der Waals surface area contributed by atoms with Crippen LogP contribution in [0, 0.1) is 0 Å². The lowest BCUT2D eigenvalue weighted by atomic mass is 9.98. The van der Waals surface area contributed by atoms with Crippen LogP contribution in [0.4, 0.5) is 5.69 Å². The summed E-state index contributed by atoms with van der Waals surface area (Å²) in [7, 11) is 0. The number of hydrogen-bond donors (Lipinski definition) is 0. The van der Waals surface area contributed by atoms with Gasteiger partial charge in [-0.05, 0) is 47.5 Å². The molecule has 1 saturated heterocycles. The molecule has 0 radical (unpaired) electrons. The van der Waals surface area contributed by atoms with Gasteiger partial charge in [-0.15, -0.1) is 0 Å². The smallest absolute Gasteiger partial charge is 0.264 e. The number of nitrogens with zero attached hydrogens (tertiary/aromatic N) is 6. The van der Waals surface area contributed by atoms with Crippen molar-refractivity contribution in [2.75, 3.05) is 11.4 Å². The van der Waals surface area contributed by atoms with Gasteiger partial charge >= 0.3 is 0 Å². The lowest BCUT2D eigenvalue weighted by molar-refractivity contribution is -0.135. The quantitative estimate of drug-likeness (QED) is 0.399. The van der Waals surface area contributed by atoms with Gasteiger partial charge in [0.2, 0.25) is 0 Å². The molecule has 190 valence electrons. The maximum atomic E-state index is 13.6. The van der Waals surface area contributed by atoms with Gasteiger partial charge in [0.1, 0.15) is 6.54 Å². The van der Waals surface area contributed by atoms with Gasteiger partial charge < -0.3 is 0 Å². The molecular weight excluding hydrogens is 572 g/mol. The van der Waals surface area contributed by atoms with Gasteiger partial charge in [0.25, 0.3) is 17.7 Å². The lowest BCUT2D eigenvalue weighted by Gasteiger charge is -2.25. The SMILES string of the molecule is O=C1[C@H]2N=NN(CC(=O)N3N=C(c4ccc(Br)cc4)C[C@H]3c3ccccc3)[C@H]2C(=O)N1c1ccc(Cl)cc1. The highest BCUT2D eigenvalue weighted by atomic mass is 79.9. The van der Waals surface area contributed by atoms with Gasteiger partial charge in [-0.3, -0.25) is 19.4 Å². The number of hydrogen-bond acceptors (Lipinski definition) is 7. The van der Waals surface area contributed by atoms with Gasteiger partial charge in [0, 0.05) is 15.9 Å². The van der Waals surface area contributed by atoms with Gasteiger partial charge in [-0.1, -0.05) is 75.2 Å². The number of amides is 3. The average molecular weight is 592 g/mol. The first kappa shape index (κ1) is 24.4. The number of carbonyl (C=O) groups excluding carboxylic acids is 3. The molecule has 3 atom stereocenters. The molecule has 3 aromatic rings. The zero-order valence-electron chi connectivity index (χ0n) is 19.8. The highest BCUT2D eigenvalue weighted by Crippen LogP contribution is 2.35. The third-order valence-corrected chi connectivity index (χ3v) is 7.55. The molecule has 3 aliphatic rings. The largest absolute Gasteiger partial charge is 0.271 e. The van der Waals surface area contributed by atoms with Crippen LogP contribution < -0.4 is 4.90 Å². The molecular formula is C27H20BrClN6O3. The zero-order chi connectivity index (χ0) is 26.4. The topological polar surface area (TPSA) is 98.0 Å². The van der Waals surface area contributed by atoms with Crippen molar-refractivity contribution in [3.63, 3.8) is 0 Å². The van der Waals surface area contributed by atoms with Crippen molar-refractivity contribution in [2.45, 2.75) is 24.5 Å². The van der Waals surface area contributed by atoms with Gasteiger partial charge in [0.15, 0.2) is 12.1 Å². The maximum absolute atomic E-state index is 13.6. The fourth-order valence-electron chi connectivity index (χ4n) is 4.90. The van der Waals surface area contributed by atoms with Crippen LogP contribution in [0.15, 0.2) is 98.8 Å². The Morgan fingerprint density at radius 3 is 2.37 bits per heavy atom. The summed E-state index contributed by atoms with van der Waals surface area (Å²) in [6.07, 6.45) is 0.534. The highest BCUT2D eigenvalue weighted by Gasteiger charge is 2.55. The molecule has 0 bridgehead atoms. The van der Waals surface area contributed by atoms with Crippen LogP contribution in [-0.4, -0.2) is 52.1 Å². The first-order valence-corrected chi connectivity index (χ1v) is 13.1. The number of imide groups is 1. The molecule has 0 unspecified atom stereocenters. The van der Waals surface area contributed by atoms with Crippen molar-refractivity contribution >= 4 is 56.7 Å². The Labute approximate surface area is 231 Å². The predicted molar refractivity (Wildman–Crippen MR) is 144 cm³/mol. The number of carbonyl (C=O) groups is 3. The summed E-state index contributed by atoms with van der Waals surface area (Å²) in [4.78, 5) is 41.0. The molecule has 38 heavy (non-hydrogen) atoms. The van der Waals surface area contributed by atoms with Crippen LogP contribution in [0.3, 0.4) is 0 Å². The lowest BCUT2D eigenvalue weighted by Crippen LogP contribution is -2.44. The van der Waals surface area contributed by atoms with E-state index < -0.39 is 23.9 Å². The summed E-state index contributed by atoms with van der Waals surface area (Å²) in [5, 5.41) is 16.0. The van der Waals surface area contributed by atoms with Crippen LogP contribution in [0.1, 0.15) is 23.6 Å². The molecule has 3 aromatic carbocycles. The minimum atomic E-state index is -1.00. The Balaban J connectivity index is 1.25. The van der Waals surface area contributed by atoms with Crippen molar-refractivity contribution in [3.8, 4) is 0 Å². The van der Waals surface area contributed by atoms with E-state index in [-0.39, 0.29) is 18.5 Å². The van der Waals surface area contributed by atoms with Crippen molar-refractivity contribution in [3.05, 3.63) is 99.5 Å². The molecule has 3 aliphatic heterocycles. The second-order valence-corrected chi connectivity index (χ2v) is 10.5. The first-order valence-electron chi connectivity index (χ1n) is 11.9. The van der Waals surface area contributed by atoms with E-state index in [4.69, 9.17) is 11.6 Å². The number of benzene rings is 3. The van der Waals surface area contributed by atoms with E-state index in [2.05, 4.69) is 31.4 Å². The van der Waals surface area contributed by atoms with E-state index in [9.17, 15) is 14.4 Å². The van der Waals surface area contributed by atoms with Crippen LogP contribution in [-0.2, 0) is 14.4 Å². The molecule has 9 nitrogen and oxygen atoms in total. The first-order chi connectivity index (χ1) is 18.4. The maximum Gasteiger partial charge on any atom is 0.264 e. The van der Waals surface area contributed by atoms with Gasteiger partial charge in [-0.25, -0.2) is 9.91 Å². The molecule has 6 rings (SSSR count). The second kappa shape index (κ2) is 9.77. The van der Waals surface area contributed by atoms with E-state index >= 15 is 0 Å². The summed E-state index contributed by atoms with van der Waals surface area (Å²) < 4.78 is 0.949. The Morgan fingerprint density at radius 2 is 1.66 bits per heavy atom. The molecule has 0 spiro atoms. The van der Waals surface area contributed by atoms with Crippen LogP contribution in [0.2, 0.25) is 5.02 Å². The monoisotopic (exact) mass is 590 g/mol. The van der Waals surface area contributed by atoms with E-state index in [0.29, 0.717) is 17.1 Å². The molecule has 3 heterocycles. The molecule has 3 amide bonds. The summed E-state index contributed by atoms with van der Waals surface area (Å²) in [6.45, 7) is -0.251. The van der Waals surface area contributed by atoms with Crippen LogP contribution in [0.25, 0.3) is 0 Å². The standard InChI is InChI=1S/C27H20BrClN6O3/c28-18-8-6-16(7-9-18)21-14-22(17-4-2-1-3-5-17)35(31-21)23(36)15-33-25-24(30-32-33)26(37)34(27(25)38)20-12-10-19(29)11-13-20/h1-13,22,24-25H,14-15H2/t22-,24-,25+/m0/s1. The fraction of sp³-hybridized carbons (Fsp3) is 0.185. The molecule has 0 aromatic heterocycles. The van der Waals surface area contributed by atoms with Crippen molar-refractivity contribution in [1.29, 1.82) is 0 Å². The normalized spacial score (nSPS) is 22.3. The number of rotatable bonds is 5. The molecule has 0 saturated carbocycles. The zero-order valence-corrected chi connectivity index (χ0v) is 22.2. The number of anilines is 1. The molecule has 0 N–H and O–H groups in total. The van der Waals surface area contributed by atoms with Crippen LogP contribution in [0.5, 0.6) is 0 Å².